The Hall–Kier alpha value is -1.58. The third-order valence-corrected chi connectivity index (χ3v) is 3.19. The van der Waals surface area contributed by atoms with E-state index in [9.17, 15) is 0 Å². The van der Waals surface area contributed by atoms with Crippen molar-refractivity contribution in [3.63, 3.8) is 0 Å². The molecule has 1 aromatic heterocycles. The topological polar surface area (TPSA) is 42.4 Å². The average molecular weight is 244 g/mol. The van der Waals surface area contributed by atoms with Crippen LogP contribution >= 0.6 is 0 Å². The minimum atomic E-state index is 0.592. The Balaban J connectivity index is 2.03. The van der Waals surface area contributed by atoms with Gasteiger partial charge in [-0.1, -0.05) is 24.3 Å². The molecule has 0 saturated carbocycles. The third-order valence-electron chi connectivity index (χ3n) is 3.19. The molecule has 2 N–H and O–H groups in total. The highest BCUT2D eigenvalue weighted by Gasteiger charge is 2.07. The maximum atomic E-state index is 5.75. The SMILES string of the molecule is Cc1occc1CN(C)Cc1ccccc1CN. The van der Waals surface area contributed by atoms with Crippen LogP contribution < -0.4 is 5.73 Å². The van der Waals surface area contributed by atoms with E-state index in [1.54, 1.807) is 6.26 Å². The molecule has 0 fully saturated rings. The largest absolute Gasteiger partial charge is 0.469 e. The highest BCUT2D eigenvalue weighted by molar-refractivity contribution is 5.27. The van der Waals surface area contributed by atoms with E-state index >= 15 is 0 Å². The number of nitrogens with zero attached hydrogens (tertiary/aromatic N) is 1. The van der Waals surface area contributed by atoms with Crippen LogP contribution in [0, 0.1) is 6.92 Å². The van der Waals surface area contributed by atoms with Gasteiger partial charge in [0.15, 0.2) is 0 Å². The van der Waals surface area contributed by atoms with Gasteiger partial charge in [0.05, 0.1) is 6.26 Å². The molecule has 0 amide bonds. The fourth-order valence-corrected chi connectivity index (χ4v) is 2.12. The molecule has 1 heterocycles. The van der Waals surface area contributed by atoms with Crippen LogP contribution in [-0.2, 0) is 19.6 Å². The lowest BCUT2D eigenvalue weighted by molar-refractivity contribution is 0.315. The Kier molecular flexibility index (Phi) is 4.18. The van der Waals surface area contributed by atoms with E-state index in [0.29, 0.717) is 6.54 Å². The first-order chi connectivity index (χ1) is 8.70. The van der Waals surface area contributed by atoms with Crippen molar-refractivity contribution < 1.29 is 4.42 Å². The molecular weight excluding hydrogens is 224 g/mol. The van der Waals surface area contributed by atoms with Gasteiger partial charge in [-0.05, 0) is 31.2 Å². The summed E-state index contributed by atoms with van der Waals surface area (Å²) in [5.74, 6) is 0.994. The maximum Gasteiger partial charge on any atom is 0.105 e. The monoisotopic (exact) mass is 244 g/mol. The van der Waals surface area contributed by atoms with E-state index in [4.69, 9.17) is 10.2 Å². The van der Waals surface area contributed by atoms with Crippen molar-refractivity contribution in [3.8, 4) is 0 Å². The van der Waals surface area contributed by atoms with Crippen LogP contribution in [0.5, 0.6) is 0 Å². The van der Waals surface area contributed by atoms with Crippen molar-refractivity contribution in [2.45, 2.75) is 26.6 Å². The Labute approximate surface area is 108 Å². The van der Waals surface area contributed by atoms with Gasteiger partial charge in [-0.2, -0.15) is 0 Å². The van der Waals surface area contributed by atoms with Gasteiger partial charge in [-0.15, -0.1) is 0 Å². The molecule has 18 heavy (non-hydrogen) atoms. The van der Waals surface area contributed by atoms with Gasteiger partial charge in [0.2, 0.25) is 0 Å². The molecule has 0 aliphatic carbocycles. The molecule has 3 nitrogen and oxygen atoms in total. The zero-order chi connectivity index (χ0) is 13.0. The molecule has 0 unspecified atom stereocenters. The summed E-state index contributed by atoms with van der Waals surface area (Å²) in [7, 11) is 2.11. The van der Waals surface area contributed by atoms with Gasteiger partial charge in [0.25, 0.3) is 0 Å². The second kappa shape index (κ2) is 5.85. The molecule has 0 radical (unpaired) electrons. The van der Waals surface area contributed by atoms with Crippen LogP contribution in [0.25, 0.3) is 0 Å². The lowest BCUT2D eigenvalue weighted by atomic mass is 10.1. The normalized spacial score (nSPS) is 11.1. The molecule has 0 aliphatic heterocycles. The third kappa shape index (κ3) is 3.00. The van der Waals surface area contributed by atoms with Gasteiger partial charge in [-0.3, -0.25) is 4.90 Å². The standard InChI is InChI=1S/C15H20N2O/c1-12-14(7-8-18-12)10-17(2)11-15-6-4-3-5-13(15)9-16/h3-8H,9-11,16H2,1-2H3. The van der Waals surface area contributed by atoms with Crippen molar-refractivity contribution in [2.24, 2.45) is 5.73 Å². The summed E-state index contributed by atoms with van der Waals surface area (Å²) in [6.07, 6.45) is 1.74. The van der Waals surface area contributed by atoms with Gasteiger partial charge >= 0.3 is 0 Å². The fourth-order valence-electron chi connectivity index (χ4n) is 2.12. The summed E-state index contributed by atoms with van der Waals surface area (Å²) in [5.41, 5.74) is 9.50. The first-order valence-corrected chi connectivity index (χ1v) is 6.19. The number of nitrogens with two attached hydrogens (primary N) is 1. The van der Waals surface area contributed by atoms with Crippen LogP contribution in [0.1, 0.15) is 22.5 Å². The first kappa shape index (κ1) is 12.9. The van der Waals surface area contributed by atoms with Gasteiger partial charge in [0, 0.05) is 25.2 Å². The Morgan fingerprint density at radius 3 is 2.33 bits per heavy atom. The minimum absolute atomic E-state index is 0.592. The van der Waals surface area contributed by atoms with Gasteiger partial charge in [0.1, 0.15) is 5.76 Å². The number of hydrogen-bond acceptors (Lipinski definition) is 3. The minimum Gasteiger partial charge on any atom is -0.469 e. The van der Waals surface area contributed by atoms with Crippen LogP contribution in [0.2, 0.25) is 0 Å². The fraction of sp³-hybridized carbons (Fsp3) is 0.333. The summed E-state index contributed by atoms with van der Waals surface area (Å²) < 4.78 is 5.31. The molecule has 0 bridgehead atoms. The Bertz CT molecular complexity index is 505. The second-order valence-electron chi connectivity index (χ2n) is 4.65. The Morgan fingerprint density at radius 2 is 1.72 bits per heavy atom. The predicted octanol–water partition coefficient (Wildman–Crippen LogP) is 2.68. The number of hydrogen-bond donors (Lipinski definition) is 1. The summed E-state index contributed by atoms with van der Waals surface area (Å²) >= 11 is 0. The summed E-state index contributed by atoms with van der Waals surface area (Å²) in [6.45, 7) is 4.38. The second-order valence-corrected chi connectivity index (χ2v) is 4.65. The molecule has 96 valence electrons. The molecule has 0 aliphatic rings. The quantitative estimate of drug-likeness (QED) is 0.879. The lowest BCUT2D eigenvalue weighted by Crippen LogP contribution is -2.18. The van der Waals surface area contributed by atoms with Crippen molar-refractivity contribution in [1.82, 2.24) is 4.90 Å². The Morgan fingerprint density at radius 1 is 1.06 bits per heavy atom. The summed E-state index contributed by atoms with van der Waals surface area (Å²) in [4.78, 5) is 2.27. The van der Waals surface area contributed by atoms with E-state index in [2.05, 4.69) is 30.1 Å². The zero-order valence-corrected chi connectivity index (χ0v) is 11.0. The van der Waals surface area contributed by atoms with Gasteiger partial charge in [-0.25, -0.2) is 0 Å². The molecule has 2 aromatic rings. The smallest absolute Gasteiger partial charge is 0.105 e. The lowest BCUT2D eigenvalue weighted by Gasteiger charge is -2.18. The predicted molar refractivity (Wildman–Crippen MR) is 72.9 cm³/mol. The number of aryl methyl sites for hydroxylation is 1. The maximum absolute atomic E-state index is 5.75. The molecular formula is C15H20N2O. The van der Waals surface area contributed by atoms with Crippen LogP contribution in [0.3, 0.4) is 0 Å². The molecule has 0 saturated heterocycles. The number of furan rings is 1. The molecule has 0 spiro atoms. The van der Waals surface area contributed by atoms with E-state index in [0.717, 1.165) is 18.8 Å². The van der Waals surface area contributed by atoms with Crippen molar-refractivity contribution in [2.75, 3.05) is 7.05 Å². The molecule has 1 aromatic carbocycles. The van der Waals surface area contributed by atoms with Crippen molar-refractivity contribution in [3.05, 3.63) is 59.0 Å². The molecule has 3 heteroatoms. The van der Waals surface area contributed by atoms with Gasteiger partial charge < -0.3 is 10.2 Å². The average Bonchev–Trinajstić information content (AvgIpc) is 2.75. The van der Waals surface area contributed by atoms with Crippen LogP contribution in [0.4, 0.5) is 0 Å². The van der Waals surface area contributed by atoms with E-state index in [1.807, 2.05) is 19.1 Å². The summed E-state index contributed by atoms with van der Waals surface area (Å²) in [5, 5.41) is 0. The number of rotatable bonds is 5. The molecule has 2 rings (SSSR count). The first-order valence-electron chi connectivity index (χ1n) is 6.19. The van der Waals surface area contributed by atoms with Crippen LogP contribution in [-0.4, -0.2) is 11.9 Å². The van der Waals surface area contributed by atoms with E-state index in [1.165, 1.54) is 16.7 Å². The van der Waals surface area contributed by atoms with E-state index in [-0.39, 0.29) is 0 Å². The zero-order valence-electron chi connectivity index (χ0n) is 11.0. The molecule has 0 atom stereocenters. The highest BCUT2D eigenvalue weighted by Crippen LogP contribution is 2.15. The number of benzene rings is 1. The summed E-state index contributed by atoms with van der Waals surface area (Å²) in [6, 6.07) is 10.4. The van der Waals surface area contributed by atoms with E-state index < -0.39 is 0 Å². The highest BCUT2D eigenvalue weighted by atomic mass is 16.3. The van der Waals surface area contributed by atoms with Crippen molar-refractivity contribution >= 4 is 0 Å². The van der Waals surface area contributed by atoms with Crippen molar-refractivity contribution in [1.29, 1.82) is 0 Å². The van der Waals surface area contributed by atoms with Crippen LogP contribution in [0.15, 0.2) is 41.0 Å².